The maximum atomic E-state index is 11.3. The molecule has 0 saturated carbocycles. The highest BCUT2D eigenvalue weighted by atomic mass is 35.5. The van der Waals surface area contributed by atoms with Crippen molar-refractivity contribution in [2.75, 3.05) is 7.11 Å². The molecule has 19 heavy (non-hydrogen) atoms. The molecule has 0 spiro atoms. The first-order valence-electron chi connectivity index (χ1n) is 5.60. The summed E-state index contributed by atoms with van der Waals surface area (Å²) in [6.45, 7) is 0.584. The summed E-state index contributed by atoms with van der Waals surface area (Å²) in [5.74, 6) is -0.347. The van der Waals surface area contributed by atoms with Crippen molar-refractivity contribution in [1.82, 2.24) is 4.57 Å². The number of nitrogens with zero attached hydrogens (tertiary/aromatic N) is 2. The predicted molar refractivity (Wildman–Crippen MR) is 72.5 cm³/mol. The molecule has 100 valence electrons. The fourth-order valence-electron chi connectivity index (χ4n) is 1.75. The van der Waals surface area contributed by atoms with Crippen molar-refractivity contribution >= 4 is 29.2 Å². The molecule has 0 aliphatic carbocycles. The Labute approximate surface area is 121 Å². The monoisotopic (exact) mass is 299 g/mol. The summed E-state index contributed by atoms with van der Waals surface area (Å²) in [5.41, 5.74) is 1.54. The van der Waals surface area contributed by atoms with Gasteiger partial charge in [-0.15, -0.1) is 0 Å². The highest BCUT2D eigenvalue weighted by molar-refractivity contribution is 6.39. The third-order valence-corrected chi connectivity index (χ3v) is 3.71. The number of ether oxygens (including phenoxy) is 1. The van der Waals surface area contributed by atoms with Gasteiger partial charge < -0.3 is 4.74 Å². The van der Waals surface area contributed by atoms with Crippen molar-refractivity contribution in [1.29, 1.82) is 0 Å². The molecule has 4 nitrogen and oxygen atoms in total. The van der Waals surface area contributed by atoms with E-state index in [4.69, 9.17) is 23.2 Å². The van der Waals surface area contributed by atoms with E-state index in [-0.39, 0.29) is 5.97 Å². The standard InChI is InChI=1S/C13H13Cl2N2O2/c1-16-8-17(12(15)11(16)14)7-9-3-5-10(6-4-9)13(18)19-2/h3-6,8H,7H2,1-2H3/q+1. The van der Waals surface area contributed by atoms with E-state index in [0.29, 0.717) is 22.4 Å². The zero-order chi connectivity index (χ0) is 14.0. The van der Waals surface area contributed by atoms with Gasteiger partial charge in [0.15, 0.2) is 0 Å². The van der Waals surface area contributed by atoms with Gasteiger partial charge in [-0.05, 0) is 40.9 Å². The van der Waals surface area contributed by atoms with Gasteiger partial charge in [0, 0.05) is 0 Å². The van der Waals surface area contributed by atoms with E-state index in [2.05, 4.69) is 4.74 Å². The van der Waals surface area contributed by atoms with Gasteiger partial charge in [-0.25, -0.2) is 13.9 Å². The molecular formula is C13H13Cl2N2O2+. The third-order valence-electron chi connectivity index (χ3n) is 2.77. The van der Waals surface area contributed by atoms with Crippen molar-refractivity contribution in [3.05, 3.63) is 52.0 Å². The molecule has 0 aliphatic heterocycles. The van der Waals surface area contributed by atoms with Gasteiger partial charge >= 0.3 is 5.97 Å². The van der Waals surface area contributed by atoms with E-state index in [1.807, 2.05) is 30.1 Å². The van der Waals surface area contributed by atoms with Gasteiger partial charge in [-0.1, -0.05) is 12.1 Å². The minimum atomic E-state index is -0.347. The van der Waals surface area contributed by atoms with Crippen LogP contribution in [-0.4, -0.2) is 17.6 Å². The van der Waals surface area contributed by atoms with E-state index >= 15 is 0 Å². The van der Waals surface area contributed by atoms with Gasteiger partial charge in [0.05, 0.1) is 19.7 Å². The fourth-order valence-corrected chi connectivity index (χ4v) is 2.13. The number of benzene rings is 1. The number of hydrogen-bond acceptors (Lipinski definition) is 2. The Kier molecular flexibility index (Phi) is 4.12. The lowest BCUT2D eigenvalue weighted by molar-refractivity contribution is -0.668. The predicted octanol–water partition coefficient (Wildman–Crippen LogP) is 2.45. The van der Waals surface area contributed by atoms with Crippen molar-refractivity contribution in [3.8, 4) is 0 Å². The first kappa shape index (κ1) is 13.9. The number of halogens is 2. The van der Waals surface area contributed by atoms with Crippen LogP contribution < -0.4 is 4.57 Å². The second kappa shape index (κ2) is 5.63. The van der Waals surface area contributed by atoms with Crippen LogP contribution in [0.1, 0.15) is 15.9 Å². The topological polar surface area (TPSA) is 35.1 Å². The van der Waals surface area contributed by atoms with Gasteiger partial charge in [-0.3, -0.25) is 0 Å². The molecule has 1 aromatic heterocycles. The maximum Gasteiger partial charge on any atom is 0.337 e. The first-order chi connectivity index (χ1) is 9.02. The molecule has 0 aliphatic rings. The summed E-state index contributed by atoms with van der Waals surface area (Å²) < 4.78 is 8.22. The Morgan fingerprint density at radius 3 is 2.42 bits per heavy atom. The lowest BCUT2D eigenvalue weighted by Crippen LogP contribution is -2.26. The summed E-state index contributed by atoms with van der Waals surface area (Å²) in [5, 5.41) is 0.981. The zero-order valence-corrected chi connectivity index (χ0v) is 12.1. The number of esters is 1. The Morgan fingerprint density at radius 1 is 1.32 bits per heavy atom. The SMILES string of the molecule is COC(=O)c1ccc(Cn2c[n+](C)c(Cl)c2Cl)cc1. The van der Waals surface area contributed by atoms with E-state index in [1.54, 1.807) is 16.7 Å². The molecule has 0 amide bonds. The van der Waals surface area contributed by atoms with E-state index < -0.39 is 0 Å². The van der Waals surface area contributed by atoms with Crippen LogP contribution in [0.5, 0.6) is 0 Å². The van der Waals surface area contributed by atoms with Gasteiger partial charge in [0.1, 0.15) is 6.54 Å². The number of aryl methyl sites for hydroxylation is 1. The molecule has 2 aromatic rings. The number of hydrogen-bond donors (Lipinski definition) is 0. The average Bonchev–Trinajstić information content (AvgIpc) is 2.66. The summed E-state index contributed by atoms with van der Waals surface area (Å²) in [6, 6.07) is 7.16. The maximum absolute atomic E-state index is 11.3. The van der Waals surface area contributed by atoms with E-state index in [1.165, 1.54) is 7.11 Å². The molecule has 0 saturated heterocycles. The number of rotatable bonds is 3. The minimum Gasteiger partial charge on any atom is -0.465 e. The molecule has 1 heterocycles. The van der Waals surface area contributed by atoms with E-state index in [0.717, 1.165) is 5.56 Å². The number of aromatic nitrogens is 2. The van der Waals surface area contributed by atoms with Gasteiger partial charge in [0.2, 0.25) is 6.33 Å². The Bertz CT molecular complexity index is 606. The third kappa shape index (κ3) is 2.91. The van der Waals surface area contributed by atoms with Crippen molar-refractivity contribution < 1.29 is 14.1 Å². The molecule has 1 aromatic carbocycles. The largest absolute Gasteiger partial charge is 0.465 e. The second-order valence-corrected chi connectivity index (χ2v) is 4.84. The summed E-state index contributed by atoms with van der Waals surface area (Å²) in [6.07, 6.45) is 1.82. The Balaban J connectivity index is 2.20. The molecule has 0 radical (unpaired) electrons. The van der Waals surface area contributed by atoms with Crippen molar-refractivity contribution in [2.24, 2.45) is 7.05 Å². The zero-order valence-electron chi connectivity index (χ0n) is 10.6. The first-order valence-corrected chi connectivity index (χ1v) is 6.35. The van der Waals surface area contributed by atoms with Crippen molar-refractivity contribution in [3.63, 3.8) is 0 Å². The molecule has 0 bridgehead atoms. The second-order valence-electron chi connectivity index (χ2n) is 4.12. The van der Waals surface area contributed by atoms with Gasteiger partial charge in [-0.2, -0.15) is 0 Å². The lowest BCUT2D eigenvalue weighted by atomic mass is 10.1. The van der Waals surface area contributed by atoms with E-state index in [9.17, 15) is 4.79 Å². The quantitative estimate of drug-likeness (QED) is 0.645. The smallest absolute Gasteiger partial charge is 0.337 e. The van der Waals surface area contributed by atoms with Crippen LogP contribution in [0.25, 0.3) is 0 Å². The number of carbonyl (C=O) groups excluding carboxylic acids is 1. The Morgan fingerprint density at radius 2 is 1.95 bits per heavy atom. The highest BCUT2D eigenvalue weighted by Gasteiger charge is 2.17. The molecular weight excluding hydrogens is 287 g/mol. The lowest BCUT2D eigenvalue weighted by Gasteiger charge is -2.01. The summed E-state index contributed by atoms with van der Waals surface area (Å²) >= 11 is 12.1. The number of methoxy groups -OCH3 is 1. The Hall–Kier alpha value is -1.52. The molecule has 0 unspecified atom stereocenters. The summed E-state index contributed by atoms with van der Waals surface area (Å²) in [4.78, 5) is 11.3. The fraction of sp³-hybridized carbons (Fsp3) is 0.231. The minimum absolute atomic E-state index is 0.347. The number of carbonyl (C=O) groups is 1. The highest BCUT2D eigenvalue weighted by Crippen LogP contribution is 2.19. The van der Waals surface area contributed by atoms with Crippen molar-refractivity contribution in [2.45, 2.75) is 6.54 Å². The number of imidazole rings is 1. The molecule has 0 N–H and O–H groups in total. The van der Waals surface area contributed by atoms with Crippen LogP contribution in [0, 0.1) is 0 Å². The van der Waals surface area contributed by atoms with Crippen LogP contribution in [-0.2, 0) is 18.3 Å². The normalized spacial score (nSPS) is 10.5. The van der Waals surface area contributed by atoms with Crippen LogP contribution in [0.2, 0.25) is 10.3 Å². The summed E-state index contributed by atoms with van der Waals surface area (Å²) in [7, 11) is 3.18. The van der Waals surface area contributed by atoms with Crippen LogP contribution in [0.4, 0.5) is 0 Å². The molecule has 6 heteroatoms. The van der Waals surface area contributed by atoms with Gasteiger partial charge in [0.25, 0.3) is 10.3 Å². The van der Waals surface area contributed by atoms with Crippen LogP contribution in [0.15, 0.2) is 30.6 Å². The average molecular weight is 300 g/mol. The molecule has 2 rings (SSSR count). The molecule has 0 fully saturated rings. The van der Waals surface area contributed by atoms with Crippen LogP contribution >= 0.6 is 23.2 Å². The van der Waals surface area contributed by atoms with Crippen LogP contribution in [0.3, 0.4) is 0 Å². The molecule has 0 atom stereocenters.